The van der Waals surface area contributed by atoms with Crippen molar-refractivity contribution in [1.29, 1.82) is 0 Å². The molecular weight excluding hydrogens is 439 g/mol. The Bertz CT molecular complexity index is 1070. The smallest absolute Gasteiger partial charge is 0.419 e. The first-order valence-corrected chi connectivity index (χ1v) is 10.4. The van der Waals surface area contributed by atoms with Crippen LogP contribution in [0.15, 0.2) is 30.5 Å². The van der Waals surface area contributed by atoms with Crippen LogP contribution in [0, 0.1) is 5.92 Å². The van der Waals surface area contributed by atoms with Crippen LogP contribution in [0.2, 0.25) is 0 Å². The predicted octanol–water partition coefficient (Wildman–Crippen LogP) is 4.80. The zero-order chi connectivity index (χ0) is 24.6. The molecule has 0 aliphatic carbocycles. The van der Waals surface area contributed by atoms with Crippen LogP contribution in [0.3, 0.4) is 0 Å². The number of fused-ring (bicyclic) bond motifs is 1. The highest BCUT2D eigenvalue weighted by Crippen LogP contribution is 2.40. The van der Waals surface area contributed by atoms with Gasteiger partial charge in [-0.2, -0.15) is 13.2 Å². The Hall–Kier alpha value is -3.30. The number of nitrogens with one attached hydrogen (secondary N) is 1. The van der Waals surface area contributed by atoms with E-state index in [2.05, 4.69) is 10.3 Å². The van der Waals surface area contributed by atoms with E-state index in [-0.39, 0.29) is 29.7 Å². The Kier molecular flexibility index (Phi) is 6.58. The first-order chi connectivity index (χ1) is 15.3. The monoisotopic (exact) mass is 465 g/mol. The van der Waals surface area contributed by atoms with Gasteiger partial charge in [0.15, 0.2) is 0 Å². The molecule has 0 bridgehead atoms. The van der Waals surface area contributed by atoms with Crippen molar-refractivity contribution in [3.05, 3.63) is 47.3 Å². The topological polar surface area (TPSA) is 91.8 Å². The number of benzene rings is 1. The highest BCUT2D eigenvalue weighted by atomic mass is 19.4. The largest absolute Gasteiger partial charge is 0.493 e. The Balaban J connectivity index is 1.86. The third-order valence-corrected chi connectivity index (χ3v) is 5.40. The first kappa shape index (κ1) is 24.3. The van der Waals surface area contributed by atoms with Crippen LogP contribution < -0.4 is 10.1 Å². The summed E-state index contributed by atoms with van der Waals surface area (Å²) in [6, 6.07) is 5.26. The van der Waals surface area contributed by atoms with E-state index in [1.807, 2.05) is 0 Å². The maximum atomic E-state index is 13.9. The normalized spacial score (nSPS) is 14.8. The van der Waals surface area contributed by atoms with Gasteiger partial charge in [0.1, 0.15) is 5.75 Å². The molecule has 7 nitrogen and oxygen atoms in total. The summed E-state index contributed by atoms with van der Waals surface area (Å²) in [4.78, 5) is 29.0. The van der Waals surface area contributed by atoms with E-state index in [1.165, 1.54) is 29.3 Å². The van der Waals surface area contributed by atoms with Gasteiger partial charge in [-0.15, -0.1) is 0 Å². The van der Waals surface area contributed by atoms with Gasteiger partial charge >= 0.3 is 12.3 Å². The molecule has 0 saturated heterocycles. The van der Waals surface area contributed by atoms with Crippen LogP contribution in [0.25, 0.3) is 11.1 Å². The molecule has 2 heterocycles. The zero-order valence-electron chi connectivity index (χ0n) is 18.8. The van der Waals surface area contributed by atoms with Crippen molar-refractivity contribution in [2.75, 3.05) is 13.7 Å². The van der Waals surface area contributed by atoms with Gasteiger partial charge in [0.2, 0.25) is 0 Å². The number of amides is 2. The Morgan fingerprint density at radius 3 is 2.64 bits per heavy atom. The lowest BCUT2D eigenvalue weighted by Gasteiger charge is -2.28. The third kappa shape index (κ3) is 5.55. The summed E-state index contributed by atoms with van der Waals surface area (Å²) in [6.45, 7) is 5.44. The average molecular weight is 465 g/mol. The van der Waals surface area contributed by atoms with E-state index >= 15 is 0 Å². The highest BCUT2D eigenvalue weighted by Gasteiger charge is 2.36. The van der Waals surface area contributed by atoms with Crippen LogP contribution >= 0.6 is 0 Å². The molecule has 2 amide bonds. The van der Waals surface area contributed by atoms with Gasteiger partial charge in [-0.05, 0) is 55.5 Å². The number of rotatable bonds is 7. The van der Waals surface area contributed by atoms with Crippen LogP contribution in [-0.2, 0) is 12.7 Å². The summed E-state index contributed by atoms with van der Waals surface area (Å²) in [7, 11) is 1.61. The van der Waals surface area contributed by atoms with Gasteiger partial charge in [0.25, 0.3) is 5.91 Å². The van der Waals surface area contributed by atoms with Crippen molar-refractivity contribution in [3.8, 4) is 16.9 Å². The lowest BCUT2D eigenvalue weighted by molar-refractivity contribution is -0.139. The van der Waals surface area contributed by atoms with Gasteiger partial charge in [0, 0.05) is 18.8 Å². The van der Waals surface area contributed by atoms with Gasteiger partial charge in [0.05, 0.1) is 30.0 Å². The SMILES string of the molecule is C[C@H](COc1ccc(-c2ccnc3c2C(=O)N(C)C3)cc1C(F)(F)F)CC(C)(C)NC(=O)O. The number of hydrogen-bond donors (Lipinski definition) is 2. The molecular formula is C23H26F3N3O4. The molecule has 33 heavy (non-hydrogen) atoms. The summed E-state index contributed by atoms with van der Waals surface area (Å²) in [5, 5.41) is 11.3. The molecule has 0 unspecified atom stereocenters. The number of hydrogen-bond acceptors (Lipinski definition) is 4. The van der Waals surface area contributed by atoms with E-state index in [9.17, 15) is 22.8 Å². The zero-order valence-corrected chi connectivity index (χ0v) is 18.8. The van der Waals surface area contributed by atoms with Gasteiger partial charge in [-0.3, -0.25) is 9.78 Å². The highest BCUT2D eigenvalue weighted by molar-refractivity contribution is 6.03. The predicted molar refractivity (Wildman–Crippen MR) is 115 cm³/mol. The molecule has 2 aromatic rings. The number of aromatic nitrogens is 1. The quantitative estimate of drug-likeness (QED) is 0.613. The lowest BCUT2D eigenvalue weighted by Crippen LogP contribution is -2.44. The maximum Gasteiger partial charge on any atom is 0.419 e. The van der Waals surface area contributed by atoms with Gasteiger partial charge < -0.3 is 20.1 Å². The van der Waals surface area contributed by atoms with E-state index in [0.717, 1.165) is 6.07 Å². The molecule has 178 valence electrons. The Labute approximate surface area is 189 Å². The van der Waals surface area contributed by atoms with Crippen molar-refractivity contribution < 1.29 is 32.6 Å². The summed E-state index contributed by atoms with van der Waals surface area (Å²) in [5.41, 5.74) is -0.228. The fourth-order valence-electron chi connectivity index (χ4n) is 4.14. The standard InChI is InChI=1S/C23H26F3N3O4/c1-13(10-22(2,3)28-21(31)32)12-33-18-6-5-14(9-16(18)23(24,25)26)15-7-8-27-17-11-29(4)20(30)19(15)17/h5-9,13,28H,10-12H2,1-4H3,(H,31,32)/t13-/m0/s1. The summed E-state index contributed by atoms with van der Waals surface area (Å²) < 4.78 is 47.1. The summed E-state index contributed by atoms with van der Waals surface area (Å²) in [5.74, 6) is -0.825. The van der Waals surface area contributed by atoms with Gasteiger partial charge in [-0.25, -0.2) is 4.79 Å². The molecule has 1 aromatic carbocycles. The van der Waals surface area contributed by atoms with E-state index in [4.69, 9.17) is 9.84 Å². The lowest BCUT2D eigenvalue weighted by atomic mass is 9.92. The molecule has 0 spiro atoms. The molecule has 1 aliphatic heterocycles. The molecule has 0 saturated carbocycles. The van der Waals surface area contributed by atoms with Crippen molar-refractivity contribution >= 4 is 12.0 Å². The molecule has 1 aromatic heterocycles. The summed E-state index contributed by atoms with van der Waals surface area (Å²) >= 11 is 0. The minimum atomic E-state index is -4.67. The van der Waals surface area contributed by atoms with Gasteiger partial charge in [-0.1, -0.05) is 13.0 Å². The van der Waals surface area contributed by atoms with E-state index < -0.39 is 23.4 Å². The van der Waals surface area contributed by atoms with Crippen LogP contribution in [-0.4, -0.2) is 46.2 Å². The molecule has 2 N–H and O–H groups in total. The second kappa shape index (κ2) is 8.92. The molecule has 1 aliphatic rings. The van der Waals surface area contributed by atoms with Crippen LogP contribution in [0.1, 0.15) is 48.8 Å². The number of alkyl halides is 3. The second-order valence-electron chi connectivity index (χ2n) is 8.98. The molecule has 1 atom stereocenters. The maximum absolute atomic E-state index is 13.9. The second-order valence-corrected chi connectivity index (χ2v) is 8.98. The van der Waals surface area contributed by atoms with E-state index in [0.29, 0.717) is 29.8 Å². The number of carbonyl (C=O) groups excluding carboxylic acids is 1. The van der Waals surface area contributed by atoms with E-state index in [1.54, 1.807) is 27.8 Å². The Morgan fingerprint density at radius 2 is 2.00 bits per heavy atom. The van der Waals surface area contributed by atoms with Crippen molar-refractivity contribution in [2.45, 2.75) is 45.5 Å². The molecule has 10 heteroatoms. The minimum Gasteiger partial charge on any atom is -0.493 e. The Morgan fingerprint density at radius 1 is 1.30 bits per heavy atom. The molecule has 0 radical (unpaired) electrons. The van der Waals surface area contributed by atoms with Crippen LogP contribution in [0.5, 0.6) is 5.75 Å². The first-order valence-electron chi connectivity index (χ1n) is 10.4. The number of carboxylic acid groups (broad SMARTS) is 1. The number of halogens is 3. The third-order valence-electron chi connectivity index (χ3n) is 5.40. The van der Waals surface area contributed by atoms with Crippen molar-refractivity contribution in [1.82, 2.24) is 15.2 Å². The average Bonchev–Trinajstić information content (AvgIpc) is 2.98. The summed E-state index contributed by atoms with van der Waals surface area (Å²) in [6.07, 6.45) is -3.99. The fraction of sp³-hybridized carbons (Fsp3) is 0.435. The number of nitrogens with zero attached hydrogens (tertiary/aromatic N) is 2. The molecule has 3 rings (SSSR count). The number of carbonyl (C=O) groups is 2. The minimum absolute atomic E-state index is 0.0267. The fourth-order valence-corrected chi connectivity index (χ4v) is 4.14. The van der Waals surface area contributed by atoms with Crippen LogP contribution in [0.4, 0.5) is 18.0 Å². The van der Waals surface area contributed by atoms with Crippen molar-refractivity contribution in [3.63, 3.8) is 0 Å². The number of ether oxygens (including phenoxy) is 1. The van der Waals surface area contributed by atoms with Crippen molar-refractivity contribution in [2.24, 2.45) is 5.92 Å². The number of pyridine rings is 1. The molecule has 0 fully saturated rings.